The lowest BCUT2D eigenvalue weighted by Crippen LogP contribution is -2.34. The van der Waals surface area contributed by atoms with Crippen LogP contribution >= 0.6 is 7.60 Å². The molecule has 4 rings (SSSR count). The van der Waals surface area contributed by atoms with E-state index in [4.69, 9.17) is 14.0 Å². The number of aliphatic hydroxyl groups is 1. The summed E-state index contributed by atoms with van der Waals surface area (Å²) in [7, 11) is -4.29. The maximum atomic E-state index is 15.5. The van der Waals surface area contributed by atoms with Gasteiger partial charge in [0, 0.05) is 12.6 Å². The summed E-state index contributed by atoms with van der Waals surface area (Å²) in [6.07, 6.45) is -0.265. The van der Waals surface area contributed by atoms with Gasteiger partial charge in [0.25, 0.3) is 0 Å². The SMILES string of the molecule is C=CCCC(=O)Nc1ncnc2c1ncn2[C@@H]1O[C@H](CO)[C@H](OCP(=O)(O)OCc2cc(C)ccn2)C1F. The van der Waals surface area contributed by atoms with E-state index in [1.165, 1.54) is 17.2 Å². The van der Waals surface area contributed by atoms with Gasteiger partial charge in [0.2, 0.25) is 5.91 Å². The van der Waals surface area contributed by atoms with E-state index >= 15 is 4.39 Å². The number of amides is 1. The average molecular weight is 550 g/mol. The second-order valence-electron chi connectivity index (χ2n) is 8.61. The van der Waals surface area contributed by atoms with Crippen LogP contribution in [0.3, 0.4) is 0 Å². The van der Waals surface area contributed by atoms with Crippen LogP contribution in [0.1, 0.15) is 30.3 Å². The van der Waals surface area contributed by atoms with E-state index in [9.17, 15) is 19.4 Å². The van der Waals surface area contributed by atoms with E-state index in [1.807, 2.05) is 6.92 Å². The molecule has 1 fully saturated rings. The molecule has 0 radical (unpaired) electrons. The molecule has 2 unspecified atom stereocenters. The molecule has 0 bridgehead atoms. The summed E-state index contributed by atoms with van der Waals surface area (Å²) >= 11 is 0. The first-order valence-corrected chi connectivity index (χ1v) is 13.5. The first-order chi connectivity index (χ1) is 18.2. The smallest absolute Gasteiger partial charge is 0.353 e. The molecule has 1 saturated heterocycles. The van der Waals surface area contributed by atoms with Crippen LogP contribution < -0.4 is 5.32 Å². The highest BCUT2D eigenvalue weighted by molar-refractivity contribution is 7.52. The summed E-state index contributed by atoms with van der Waals surface area (Å²) in [5.74, 6) is -0.160. The largest absolute Gasteiger partial charge is 0.394 e. The number of nitrogens with one attached hydrogen (secondary N) is 1. The lowest BCUT2D eigenvalue weighted by molar-refractivity contribution is -0.116. The Morgan fingerprint density at radius 2 is 2.18 bits per heavy atom. The summed E-state index contributed by atoms with van der Waals surface area (Å²) < 4.78 is 45.5. The monoisotopic (exact) mass is 550 g/mol. The Balaban J connectivity index is 1.44. The molecule has 1 aliphatic heterocycles. The number of nitrogens with zero attached hydrogens (tertiary/aromatic N) is 5. The fourth-order valence-corrected chi connectivity index (χ4v) is 4.65. The Morgan fingerprint density at radius 3 is 2.92 bits per heavy atom. The molecular weight excluding hydrogens is 522 g/mol. The van der Waals surface area contributed by atoms with Gasteiger partial charge < -0.3 is 29.3 Å². The van der Waals surface area contributed by atoms with Gasteiger partial charge in [-0.15, -0.1) is 6.58 Å². The van der Waals surface area contributed by atoms with Crippen LogP contribution in [0.15, 0.2) is 43.6 Å². The van der Waals surface area contributed by atoms with E-state index in [0.29, 0.717) is 12.1 Å². The predicted molar refractivity (Wildman–Crippen MR) is 133 cm³/mol. The fourth-order valence-electron chi connectivity index (χ4n) is 3.88. The number of rotatable bonds is 12. The maximum absolute atomic E-state index is 15.5. The van der Waals surface area contributed by atoms with Crippen molar-refractivity contribution in [2.45, 2.75) is 51.0 Å². The molecule has 5 atom stereocenters. The van der Waals surface area contributed by atoms with Gasteiger partial charge in [-0.3, -0.25) is 18.9 Å². The quantitative estimate of drug-likeness (QED) is 0.223. The van der Waals surface area contributed by atoms with Gasteiger partial charge in [0.1, 0.15) is 24.9 Å². The Labute approximate surface area is 217 Å². The van der Waals surface area contributed by atoms with Gasteiger partial charge in [0.05, 0.1) is 25.2 Å². The van der Waals surface area contributed by atoms with Crippen LogP contribution in [-0.4, -0.2) is 71.7 Å². The van der Waals surface area contributed by atoms with Gasteiger partial charge in [-0.1, -0.05) is 6.08 Å². The minimum Gasteiger partial charge on any atom is -0.394 e. The fraction of sp³-hybridized carbons (Fsp3) is 0.435. The second kappa shape index (κ2) is 12.2. The van der Waals surface area contributed by atoms with Crippen LogP contribution in [0.2, 0.25) is 0 Å². The number of anilines is 1. The van der Waals surface area contributed by atoms with Crippen molar-refractivity contribution in [1.82, 2.24) is 24.5 Å². The summed E-state index contributed by atoms with van der Waals surface area (Å²) in [5.41, 5.74) is 1.73. The Hall–Kier alpha value is -3.13. The zero-order valence-electron chi connectivity index (χ0n) is 20.5. The van der Waals surface area contributed by atoms with Crippen LogP contribution in [0, 0.1) is 6.92 Å². The average Bonchev–Trinajstić information content (AvgIpc) is 3.46. The molecule has 0 saturated carbocycles. The van der Waals surface area contributed by atoms with Gasteiger partial charge in [-0.05, 0) is 31.0 Å². The number of allylic oxidation sites excluding steroid dienone is 1. The summed E-state index contributed by atoms with van der Waals surface area (Å²) in [6, 6.07) is 3.47. The molecule has 13 nitrogen and oxygen atoms in total. The van der Waals surface area contributed by atoms with Crippen molar-refractivity contribution in [3.05, 3.63) is 54.9 Å². The van der Waals surface area contributed by atoms with Crippen molar-refractivity contribution < 1.29 is 37.7 Å². The molecular formula is C23H28FN6O7P. The zero-order chi connectivity index (χ0) is 27.3. The van der Waals surface area contributed by atoms with Crippen molar-refractivity contribution in [3.63, 3.8) is 0 Å². The van der Waals surface area contributed by atoms with Gasteiger partial charge in [0.15, 0.2) is 29.4 Å². The Morgan fingerprint density at radius 1 is 1.37 bits per heavy atom. The number of ether oxygens (including phenoxy) is 2. The van der Waals surface area contributed by atoms with Crippen molar-refractivity contribution >= 4 is 30.5 Å². The lowest BCUT2D eigenvalue weighted by atomic mass is 10.1. The molecule has 3 aromatic heterocycles. The first kappa shape index (κ1) is 27.9. The molecule has 38 heavy (non-hydrogen) atoms. The highest BCUT2D eigenvalue weighted by Crippen LogP contribution is 2.45. The third-order valence-corrected chi connectivity index (χ3v) is 6.74. The number of fused-ring (bicyclic) bond motifs is 1. The summed E-state index contributed by atoms with van der Waals surface area (Å²) in [4.78, 5) is 38.7. The number of alkyl halides is 1. The number of aromatic nitrogens is 5. The lowest BCUT2D eigenvalue weighted by Gasteiger charge is -2.20. The van der Waals surface area contributed by atoms with Crippen molar-refractivity contribution in [2.75, 3.05) is 18.3 Å². The van der Waals surface area contributed by atoms with E-state index in [0.717, 1.165) is 5.56 Å². The number of pyridine rings is 1. The molecule has 0 aliphatic carbocycles. The standard InChI is InChI=1S/C23H28FN6O7P/c1-3-4-5-17(32)29-21-19-22(27-11-26-21)30(12-28-19)23-18(24)20(16(9-31)37-23)35-13-38(33,34)36-10-15-8-14(2)6-7-25-15/h3,6-8,11-12,16,18,20,23,31H,1,4-5,9-10,13H2,2H3,(H,33,34)(H,26,27,29,32)/t16-,18?,20+,23-/m1/s1. The minimum atomic E-state index is -4.29. The van der Waals surface area contributed by atoms with E-state index in [-0.39, 0.29) is 35.9 Å². The van der Waals surface area contributed by atoms with Crippen molar-refractivity contribution in [2.24, 2.45) is 0 Å². The predicted octanol–water partition coefficient (Wildman–Crippen LogP) is 2.41. The molecule has 15 heteroatoms. The van der Waals surface area contributed by atoms with Crippen molar-refractivity contribution in [1.29, 1.82) is 0 Å². The third kappa shape index (κ3) is 6.46. The molecule has 1 amide bonds. The number of imidazole rings is 1. The molecule has 0 aromatic carbocycles. The number of halogens is 1. The van der Waals surface area contributed by atoms with Gasteiger partial charge in [-0.25, -0.2) is 19.3 Å². The summed E-state index contributed by atoms with van der Waals surface area (Å²) in [5, 5.41) is 12.4. The number of carbonyl (C=O) groups is 1. The number of aliphatic hydroxyl groups excluding tert-OH is 1. The molecule has 1 aliphatic rings. The Bertz CT molecular complexity index is 1340. The molecule has 3 aromatic rings. The van der Waals surface area contributed by atoms with E-state index in [2.05, 4.69) is 31.8 Å². The first-order valence-electron chi connectivity index (χ1n) is 11.7. The number of hydrogen-bond donors (Lipinski definition) is 3. The van der Waals surface area contributed by atoms with Gasteiger partial charge >= 0.3 is 7.60 Å². The highest BCUT2D eigenvalue weighted by Gasteiger charge is 2.48. The van der Waals surface area contributed by atoms with E-state index in [1.54, 1.807) is 24.4 Å². The number of aryl methyl sites for hydroxylation is 1. The van der Waals surface area contributed by atoms with Crippen LogP contribution in [-0.2, 0) is 30.0 Å². The van der Waals surface area contributed by atoms with E-state index < -0.39 is 45.2 Å². The number of carbonyl (C=O) groups excluding carboxylic acids is 1. The summed E-state index contributed by atoms with van der Waals surface area (Å²) in [6.45, 7) is 4.57. The molecule has 4 heterocycles. The van der Waals surface area contributed by atoms with Crippen LogP contribution in [0.5, 0.6) is 0 Å². The second-order valence-corrected chi connectivity index (χ2v) is 10.4. The highest BCUT2D eigenvalue weighted by atomic mass is 31.2. The third-order valence-electron chi connectivity index (χ3n) is 5.73. The molecule has 0 spiro atoms. The molecule has 3 N–H and O–H groups in total. The Kier molecular flexibility index (Phi) is 8.92. The number of hydrogen-bond acceptors (Lipinski definition) is 10. The maximum Gasteiger partial charge on any atom is 0.353 e. The topological polar surface area (TPSA) is 171 Å². The zero-order valence-corrected chi connectivity index (χ0v) is 21.4. The minimum absolute atomic E-state index is 0.143. The van der Waals surface area contributed by atoms with Crippen LogP contribution in [0.25, 0.3) is 11.2 Å². The normalized spacial score (nSPS) is 22.8. The van der Waals surface area contributed by atoms with Gasteiger partial charge in [-0.2, -0.15) is 0 Å². The molecule has 204 valence electrons. The van der Waals surface area contributed by atoms with Crippen molar-refractivity contribution in [3.8, 4) is 0 Å². The van der Waals surface area contributed by atoms with Crippen LogP contribution in [0.4, 0.5) is 10.2 Å².